The van der Waals surface area contributed by atoms with E-state index >= 15 is 0 Å². The summed E-state index contributed by atoms with van der Waals surface area (Å²) in [7, 11) is 0. The molecule has 0 saturated heterocycles. The van der Waals surface area contributed by atoms with Crippen molar-refractivity contribution >= 4 is 11.9 Å². The third-order valence-electron chi connectivity index (χ3n) is 11.7. The van der Waals surface area contributed by atoms with Crippen LogP contribution in [0.2, 0.25) is 0 Å². The number of hydrogen-bond donors (Lipinski definition) is 3. The molecular weight excluding hydrogens is 731 g/mol. The molecule has 0 aliphatic rings. The molecule has 6 nitrogen and oxygen atoms in total. The number of ether oxygens (including phenoxy) is 1. The third-order valence-corrected chi connectivity index (χ3v) is 11.7. The Balaban J connectivity index is 3.50. The SMILES string of the molecule is CCCCCCCC/C=C\CCCCCCCCCCCC(=O)OCCCCCCCC/C=C\C/C=C\CCC(=O)NC(CO)C(O)CCCCCCCCCCCC. The first-order valence-corrected chi connectivity index (χ1v) is 25.7. The summed E-state index contributed by atoms with van der Waals surface area (Å²) in [6, 6.07) is -0.584. The van der Waals surface area contributed by atoms with Crippen LogP contribution in [0.3, 0.4) is 0 Å². The topological polar surface area (TPSA) is 95.9 Å². The van der Waals surface area contributed by atoms with Crippen LogP contribution in [0.5, 0.6) is 0 Å². The van der Waals surface area contributed by atoms with Crippen molar-refractivity contribution in [2.24, 2.45) is 0 Å². The summed E-state index contributed by atoms with van der Waals surface area (Å²) in [5.74, 6) is -0.136. The number of aliphatic hydroxyl groups is 2. The highest BCUT2D eigenvalue weighted by Gasteiger charge is 2.19. The van der Waals surface area contributed by atoms with Gasteiger partial charge in [-0.25, -0.2) is 0 Å². The number of rotatable bonds is 47. The molecule has 0 saturated carbocycles. The van der Waals surface area contributed by atoms with Crippen molar-refractivity contribution in [3.63, 3.8) is 0 Å². The van der Waals surface area contributed by atoms with E-state index in [0.29, 0.717) is 32.3 Å². The fourth-order valence-corrected chi connectivity index (χ4v) is 7.68. The molecular formula is C53H99NO5. The Hall–Kier alpha value is -1.92. The maximum absolute atomic E-state index is 12.4. The molecule has 0 aliphatic heterocycles. The van der Waals surface area contributed by atoms with Gasteiger partial charge in [0.05, 0.1) is 25.4 Å². The monoisotopic (exact) mass is 830 g/mol. The lowest BCUT2D eigenvalue weighted by Crippen LogP contribution is -2.45. The van der Waals surface area contributed by atoms with Gasteiger partial charge >= 0.3 is 5.97 Å². The van der Waals surface area contributed by atoms with Crippen LogP contribution < -0.4 is 5.32 Å². The molecule has 0 fully saturated rings. The van der Waals surface area contributed by atoms with Crippen LogP contribution in [0.15, 0.2) is 36.5 Å². The van der Waals surface area contributed by atoms with E-state index in [-0.39, 0.29) is 18.5 Å². The van der Waals surface area contributed by atoms with Gasteiger partial charge in [0.2, 0.25) is 5.91 Å². The molecule has 0 bridgehead atoms. The average molecular weight is 830 g/mol. The zero-order valence-corrected chi connectivity index (χ0v) is 39.2. The average Bonchev–Trinajstić information content (AvgIpc) is 3.24. The van der Waals surface area contributed by atoms with Gasteiger partial charge in [0, 0.05) is 12.8 Å². The van der Waals surface area contributed by atoms with E-state index in [0.717, 1.165) is 51.4 Å². The molecule has 0 aromatic carbocycles. The number of amides is 1. The smallest absolute Gasteiger partial charge is 0.305 e. The van der Waals surface area contributed by atoms with Crippen molar-refractivity contribution in [1.29, 1.82) is 0 Å². The minimum absolute atomic E-state index is 0.0182. The maximum atomic E-state index is 12.4. The molecule has 0 aromatic heterocycles. The fourth-order valence-electron chi connectivity index (χ4n) is 7.68. The zero-order valence-electron chi connectivity index (χ0n) is 39.2. The Labute approximate surface area is 366 Å². The summed E-state index contributed by atoms with van der Waals surface area (Å²) in [5, 5.41) is 23.0. The van der Waals surface area contributed by atoms with Gasteiger partial charge in [-0.2, -0.15) is 0 Å². The maximum Gasteiger partial charge on any atom is 0.305 e. The highest BCUT2D eigenvalue weighted by Crippen LogP contribution is 2.15. The quantitative estimate of drug-likeness (QED) is 0.0323. The van der Waals surface area contributed by atoms with Gasteiger partial charge in [-0.3, -0.25) is 9.59 Å². The molecule has 2 atom stereocenters. The van der Waals surface area contributed by atoms with Gasteiger partial charge < -0.3 is 20.3 Å². The lowest BCUT2D eigenvalue weighted by molar-refractivity contribution is -0.143. The molecule has 3 N–H and O–H groups in total. The molecule has 59 heavy (non-hydrogen) atoms. The lowest BCUT2D eigenvalue weighted by atomic mass is 10.0. The molecule has 2 unspecified atom stereocenters. The molecule has 0 rings (SSSR count). The molecule has 6 heteroatoms. The standard InChI is InChI=1S/C53H99NO5/c1-3-5-7-9-11-13-15-16-17-18-19-20-21-24-27-31-35-39-43-47-53(58)59-48-44-40-36-32-28-25-22-23-26-30-34-38-42-46-52(57)54-50(49-55)51(56)45-41-37-33-29-14-12-10-8-6-4-2/h16-17,23,26,34,38,50-51,55-56H,3-15,18-22,24-25,27-33,35-37,39-49H2,1-2H3,(H,54,57)/b17-16-,26-23-,38-34-. The second kappa shape index (κ2) is 48.7. The van der Waals surface area contributed by atoms with Gasteiger partial charge in [-0.15, -0.1) is 0 Å². The van der Waals surface area contributed by atoms with E-state index in [4.69, 9.17) is 4.74 Å². The summed E-state index contributed by atoms with van der Waals surface area (Å²) in [6.07, 6.45) is 58.5. The normalized spacial score (nSPS) is 12.9. The number of carbonyl (C=O) groups is 2. The highest BCUT2D eigenvalue weighted by atomic mass is 16.5. The summed E-state index contributed by atoms with van der Waals surface area (Å²) >= 11 is 0. The van der Waals surface area contributed by atoms with Crippen molar-refractivity contribution in [3.8, 4) is 0 Å². The van der Waals surface area contributed by atoms with Crippen LogP contribution in [0.1, 0.15) is 264 Å². The molecule has 0 aliphatic carbocycles. The molecule has 0 spiro atoms. The van der Waals surface area contributed by atoms with E-state index in [1.807, 2.05) is 6.08 Å². The number of hydrogen-bond acceptors (Lipinski definition) is 5. The number of allylic oxidation sites excluding steroid dienone is 6. The Morgan fingerprint density at radius 2 is 0.864 bits per heavy atom. The van der Waals surface area contributed by atoms with Crippen LogP contribution in [-0.4, -0.2) is 47.4 Å². The Kier molecular flexibility index (Phi) is 47.2. The number of esters is 1. The fraction of sp³-hybridized carbons (Fsp3) is 0.849. The summed E-state index contributed by atoms with van der Waals surface area (Å²) in [4.78, 5) is 24.4. The van der Waals surface area contributed by atoms with E-state index in [2.05, 4.69) is 49.5 Å². The molecule has 346 valence electrons. The van der Waals surface area contributed by atoms with Crippen molar-refractivity contribution in [2.45, 2.75) is 276 Å². The first-order valence-electron chi connectivity index (χ1n) is 25.7. The van der Waals surface area contributed by atoms with Gasteiger partial charge in [0.1, 0.15) is 0 Å². The minimum atomic E-state index is -0.697. The Morgan fingerprint density at radius 3 is 1.34 bits per heavy atom. The van der Waals surface area contributed by atoms with Crippen molar-refractivity contribution in [3.05, 3.63) is 36.5 Å². The van der Waals surface area contributed by atoms with Gasteiger partial charge in [0.25, 0.3) is 0 Å². The van der Waals surface area contributed by atoms with Crippen molar-refractivity contribution in [1.82, 2.24) is 5.32 Å². The van der Waals surface area contributed by atoms with Crippen LogP contribution >= 0.6 is 0 Å². The summed E-state index contributed by atoms with van der Waals surface area (Å²) in [6.45, 7) is 4.86. The lowest BCUT2D eigenvalue weighted by Gasteiger charge is -2.22. The zero-order chi connectivity index (χ0) is 43.0. The number of nitrogens with one attached hydrogen (secondary N) is 1. The van der Waals surface area contributed by atoms with Crippen LogP contribution in [0, 0.1) is 0 Å². The number of unbranched alkanes of at least 4 members (excludes halogenated alkanes) is 30. The van der Waals surface area contributed by atoms with E-state index in [1.165, 1.54) is 173 Å². The third kappa shape index (κ3) is 45.4. The highest BCUT2D eigenvalue weighted by molar-refractivity contribution is 5.76. The predicted octanol–water partition coefficient (Wildman–Crippen LogP) is 15.3. The summed E-state index contributed by atoms with van der Waals surface area (Å²) < 4.78 is 5.46. The largest absolute Gasteiger partial charge is 0.466 e. The van der Waals surface area contributed by atoms with Gasteiger partial charge in [-0.1, -0.05) is 217 Å². The first kappa shape index (κ1) is 57.1. The predicted molar refractivity (Wildman–Crippen MR) is 255 cm³/mol. The molecule has 1 amide bonds. The second-order valence-corrected chi connectivity index (χ2v) is 17.5. The van der Waals surface area contributed by atoms with E-state index in [9.17, 15) is 19.8 Å². The van der Waals surface area contributed by atoms with E-state index < -0.39 is 12.1 Å². The number of aliphatic hydroxyl groups excluding tert-OH is 2. The molecule has 0 aromatic rings. The summed E-state index contributed by atoms with van der Waals surface area (Å²) in [5.41, 5.74) is 0. The van der Waals surface area contributed by atoms with Crippen molar-refractivity contribution in [2.75, 3.05) is 13.2 Å². The Morgan fingerprint density at radius 1 is 0.475 bits per heavy atom. The Bertz CT molecular complexity index is 962. The van der Waals surface area contributed by atoms with Crippen LogP contribution in [0.25, 0.3) is 0 Å². The minimum Gasteiger partial charge on any atom is -0.466 e. The molecule has 0 heterocycles. The van der Waals surface area contributed by atoms with Crippen LogP contribution in [-0.2, 0) is 14.3 Å². The van der Waals surface area contributed by atoms with E-state index in [1.54, 1.807) is 0 Å². The van der Waals surface area contributed by atoms with Gasteiger partial charge in [0.15, 0.2) is 0 Å². The molecule has 0 radical (unpaired) electrons. The second-order valence-electron chi connectivity index (χ2n) is 17.5. The first-order chi connectivity index (χ1) is 29.0. The van der Waals surface area contributed by atoms with Gasteiger partial charge in [-0.05, 0) is 70.6 Å². The van der Waals surface area contributed by atoms with Crippen LogP contribution in [0.4, 0.5) is 0 Å². The number of carbonyl (C=O) groups excluding carboxylic acids is 2. The van der Waals surface area contributed by atoms with Crippen molar-refractivity contribution < 1.29 is 24.5 Å².